The Morgan fingerprint density at radius 2 is 0.933 bits per heavy atom. The summed E-state index contributed by atoms with van der Waals surface area (Å²) in [6, 6.07) is 35.9. The lowest BCUT2D eigenvalue weighted by Gasteiger charge is -2.06. The van der Waals surface area contributed by atoms with Crippen LogP contribution in [-0.2, 0) is 0 Å². The Balaban J connectivity index is 1.56. The van der Waals surface area contributed by atoms with Gasteiger partial charge in [-0.3, -0.25) is 0 Å². The molecule has 0 fully saturated rings. The van der Waals surface area contributed by atoms with Gasteiger partial charge in [-0.2, -0.15) is 5.26 Å². The monoisotopic (exact) mass is 385 g/mol. The summed E-state index contributed by atoms with van der Waals surface area (Å²) in [5, 5.41) is 9.70. The van der Waals surface area contributed by atoms with Gasteiger partial charge in [0.15, 0.2) is 0 Å². The fraction of sp³-hybridized carbons (Fsp3) is 0.0690. The van der Waals surface area contributed by atoms with E-state index in [9.17, 15) is 5.26 Å². The van der Waals surface area contributed by atoms with Gasteiger partial charge in [0.2, 0.25) is 0 Å². The summed E-state index contributed by atoms with van der Waals surface area (Å²) in [4.78, 5) is 0. The molecule has 0 unspecified atom stereocenters. The minimum Gasteiger partial charge on any atom is -0.192 e. The van der Waals surface area contributed by atoms with Crippen LogP contribution in [0.25, 0.3) is 33.9 Å². The van der Waals surface area contributed by atoms with Crippen molar-refractivity contribution in [2.45, 2.75) is 13.8 Å². The Bertz CT molecular complexity index is 1200. The predicted octanol–water partition coefficient (Wildman–Crippen LogP) is 7.70. The van der Waals surface area contributed by atoms with E-state index in [2.05, 4.69) is 105 Å². The highest BCUT2D eigenvalue weighted by Gasteiger charge is 2.04. The second-order valence-electron chi connectivity index (χ2n) is 7.60. The van der Waals surface area contributed by atoms with Crippen molar-refractivity contribution in [2.75, 3.05) is 0 Å². The van der Waals surface area contributed by atoms with Gasteiger partial charge in [0, 0.05) is 0 Å². The molecule has 0 saturated carbocycles. The van der Waals surface area contributed by atoms with Crippen molar-refractivity contribution in [3.63, 3.8) is 0 Å². The smallest absolute Gasteiger partial charge is 0.0998 e. The zero-order chi connectivity index (χ0) is 20.9. The number of benzene rings is 4. The third-order valence-electron chi connectivity index (χ3n) is 5.31. The van der Waals surface area contributed by atoms with E-state index in [1.807, 2.05) is 18.2 Å². The summed E-state index contributed by atoms with van der Waals surface area (Å²) in [6.07, 6.45) is 1.94. The molecule has 0 bridgehead atoms. The van der Waals surface area contributed by atoms with Crippen molar-refractivity contribution < 1.29 is 0 Å². The molecule has 1 nitrogen and oxygen atoms in total. The third kappa shape index (κ3) is 4.40. The Morgan fingerprint density at radius 1 is 0.567 bits per heavy atom. The van der Waals surface area contributed by atoms with Crippen molar-refractivity contribution >= 4 is 11.6 Å². The molecule has 0 atom stereocenters. The molecule has 0 aliphatic heterocycles. The molecular formula is C29H23N. The Hall–Kier alpha value is -3.89. The summed E-state index contributed by atoms with van der Waals surface area (Å²) in [5.74, 6) is 0. The van der Waals surface area contributed by atoms with Crippen LogP contribution in [0.3, 0.4) is 0 Å². The maximum atomic E-state index is 9.70. The lowest BCUT2D eigenvalue weighted by atomic mass is 9.98. The topological polar surface area (TPSA) is 23.8 Å². The van der Waals surface area contributed by atoms with Crippen LogP contribution in [0.4, 0.5) is 0 Å². The van der Waals surface area contributed by atoms with Crippen molar-refractivity contribution in [2.24, 2.45) is 0 Å². The van der Waals surface area contributed by atoms with E-state index in [1.54, 1.807) is 0 Å². The lowest BCUT2D eigenvalue weighted by Crippen LogP contribution is -1.85. The quantitative estimate of drug-likeness (QED) is 0.261. The molecule has 144 valence electrons. The fourth-order valence-electron chi connectivity index (χ4n) is 3.45. The number of rotatable bonds is 4. The van der Waals surface area contributed by atoms with Gasteiger partial charge < -0.3 is 0 Å². The fourth-order valence-corrected chi connectivity index (χ4v) is 3.45. The van der Waals surface area contributed by atoms with Crippen LogP contribution >= 0.6 is 0 Å². The molecule has 4 aromatic carbocycles. The van der Waals surface area contributed by atoms with Crippen molar-refractivity contribution in [1.29, 1.82) is 5.26 Å². The van der Waals surface area contributed by atoms with Gasteiger partial charge in [0.1, 0.15) is 0 Å². The Morgan fingerprint density at radius 3 is 1.33 bits per heavy atom. The number of allylic oxidation sites excluding steroid dienone is 1. The summed E-state index contributed by atoms with van der Waals surface area (Å²) in [7, 11) is 0. The molecule has 0 spiro atoms. The summed E-state index contributed by atoms with van der Waals surface area (Å²) < 4.78 is 0. The van der Waals surface area contributed by atoms with Crippen molar-refractivity contribution in [3.8, 4) is 28.3 Å². The maximum Gasteiger partial charge on any atom is 0.0998 e. The van der Waals surface area contributed by atoms with E-state index in [1.165, 1.54) is 27.8 Å². The number of nitrogens with zero attached hydrogens (tertiary/aromatic N) is 1. The summed E-state index contributed by atoms with van der Waals surface area (Å²) in [5.41, 5.74) is 9.81. The number of aryl methyl sites for hydroxylation is 2. The highest BCUT2D eigenvalue weighted by atomic mass is 14.2. The Labute approximate surface area is 178 Å². The molecule has 1 heteroatoms. The first-order valence-corrected chi connectivity index (χ1v) is 10.1. The largest absolute Gasteiger partial charge is 0.192 e. The molecule has 0 amide bonds. The van der Waals surface area contributed by atoms with E-state index < -0.39 is 0 Å². The molecule has 30 heavy (non-hydrogen) atoms. The standard InChI is InChI=1S/C29H23N/c1-21-3-9-24(10-4-21)26-13-7-23(8-14-26)19-29(20-30)28-17-15-27(16-18-28)25-11-5-22(2)6-12-25/h3-19H,1-2H3/b29-19-. The van der Waals surface area contributed by atoms with Gasteiger partial charge >= 0.3 is 0 Å². The van der Waals surface area contributed by atoms with Gasteiger partial charge in [-0.05, 0) is 53.3 Å². The van der Waals surface area contributed by atoms with Crippen LogP contribution in [0, 0.1) is 25.2 Å². The van der Waals surface area contributed by atoms with E-state index >= 15 is 0 Å². The van der Waals surface area contributed by atoms with Gasteiger partial charge in [-0.15, -0.1) is 0 Å². The van der Waals surface area contributed by atoms with E-state index in [-0.39, 0.29) is 0 Å². The van der Waals surface area contributed by atoms with Crippen LogP contribution in [0.1, 0.15) is 22.3 Å². The molecule has 0 saturated heterocycles. The van der Waals surface area contributed by atoms with E-state index in [4.69, 9.17) is 0 Å². The molecule has 0 aromatic heterocycles. The molecule has 4 rings (SSSR count). The van der Waals surface area contributed by atoms with Crippen LogP contribution in [0.15, 0.2) is 97.1 Å². The SMILES string of the molecule is Cc1ccc(-c2ccc(/C=C(/C#N)c3ccc(-c4ccc(C)cc4)cc3)cc2)cc1. The zero-order valence-electron chi connectivity index (χ0n) is 17.3. The molecule has 4 aromatic rings. The molecule has 0 radical (unpaired) electrons. The third-order valence-corrected chi connectivity index (χ3v) is 5.31. The van der Waals surface area contributed by atoms with Crippen LogP contribution in [0.5, 0.6) is 0 Å². The Kier molecular flexibility index (Phi) is 5.59. The molecular weight excluding hydrogens is 362 g/mol. The second kappa shape index (κ2) is 8.64. The maximum absolute atomic E-state index is 9.70. The van der Waals surface area contributed by atoms with Crippen molar-refractivity contribution in [3.05, 3.63) is 119 Å². The first-order chi connectivity index (χ1) is 14.6. The van der Waals surface area contributed by atoms with Gasteiger partial charge in [0.25, 0.3) is 0 Å². The summed E-state index contributed by atoms with van der Waals surface area (Å²) >= 11 is 0. The van der Waals surface area contributed by atoms with Crippen molar-refractivity contribution in [1.82, 2.24) is 0 Å². The lowest BCUT2D eigenvalue weighted by molar-refractivity contribution is 1.46. The van der Waals surface area contributed by atoms with Gasteiger partial charge in [0.05, 0.1) is 11.6 Å². The van der Waals surface area contributed by atoms with Gasteiger partial charge in [-0.25, -0.2) is 0 Å². The first kappa shape index (κ1) is 19.4. The normalized spacial score (nSPS) is 11.2. The summed E-state index contributed by atoms with van der Waals surface area (Å²) in [6.45, 7) is 4.18. The number of hydrogen-bond donors (Lipinski definition) is 0. The molecule has 0 aliphatic carbocycles. The van der Waals surface area contributed by atoms with Crippen LogP contribution < -0.4 is 0 Å². The average molecular weight is 386 g/mol. The highest BCUT2D eigenvalue weighted by Crippen LogP contribution is 2.25. The van der Waals surface area contributed by atoms with E-state index in [0.717, 1.165) is 16.7 Å². The van der Waals surface area contributed by atoms with Crippen LogP contribution in [0.2, 0.25) is 0 Å². The van der Waals surface area contributed by atoms with Crippen LogP contribution in [-0.4, -0.2) is 0 Å². The molecule has 0 heterocycles. The number of nitriles is 1. The molecule has 0 N–H and O–H groups in total. The zero-order valence-corrected chi connectivity index (χ0v) is 17.3. The highest BCUT2D eigenvalue weighted by molar-refractivity contribution is 5.90. The molecule has 0 aliphatic rings. The first-order valence-electron chi connectivity index (χ1n) is 10.1. The minimum absolute atomic E-state index is 0.661. The minimum atomic E-state index is 0.661. The second-order valence-corrected chi connectivity index (χ2v) is 7.60. The predicted molar refractivity (Wildman–Crippen MR) is 127 cm³/mol. The number of hydrogen-bond acceptors (Lipinski definition) is 1. The van der Waals surface area contributed by atoms with E-state index in [0.29, 0.717) is 5.57 Å². The average Bonchev–Trinajstić information content (AvgIpc) is 2.79. The van der Waals surface area contributed by atoms with Gasteiger partial charge in [-0.1, -0.05) is 108 Å².